The van der Waals surface area contributed by atoms with Crippen LogP contribution in [0.2, 0.25) is 0 Å². The van der Waals surface area contributed by atoms with Crippen LogP contribution in [0.4, 0.5) is 0 Å². The first kappa shape index (κ1) is 103. The predicted molar refractivity (Wildman–Crippen MR) is 431 cm³/mol. The van der Waals surface area contributed by atoms with Gasteiger partial charge in [-0.15, -0.1) is 0 Å². The average molecular weight is 1560 g/mol. The van der Waals surface area contributed by atoms with Crippen LogP contribution in [0.5, 0.6) is 11.5 Å². The Balaban J connectivity index is 0. The van der Waals surface area contributed by atoms with Crippen LogP contribution in [0.15, 0.2) is 12.1 Å². The zero-order valence-corrected chi connectivity index (χ0v) is 73.2. The first-order valence-electron chi connectivity index (χ1n) is 43.2. The van der Waals surface area contributed by atoms with E-state index in [1.54, 1.807) is 12.1 Å². The van der Waals surface area contributed by atoms with Gasteiger partial charge in [0.15, 0.2) is 0 Å². The molecule has 0 aliphatic rings. The molecule has 0 heterocycles. The molecule has 0 aromatic heterocycles. The van der Waals surface area contributed by atoms with Gasteiger partial charge in [-0.2, -0.15) is 0 Å². The van der Waals surface area contributed by atoms with Crippen molar-refractivity contribution in [3.05, 3.63) is 56.6 Å². The molecule has 604 valence electrons. The van der Waals surface area contributed by atoms with E-state index in [0.717, 1.165) is 47.9 Å². The first-order valence-corrected chi connectivity index (χ1v) is 46.6. The van der Waals surface area contributed by atoms with Gasteiger partial charge < -0.3 is 38.9 Å². The summed E-state index contributed by atoms with van der Waals surface area (Å²) in [6, 6.07) is 3.56. The third-order valence-corrected chi connectivity index (χ3v) is 22.9. The smallest absolute Gasteiger partial charge is 0.810 e. The largest absolute Gasteiger partial charge is 2.00 e. The molecule has 12 heteroatoms. The summed E-state index contributed by atoms with van der Waals surface area (Å²) in [6.07, 6.45) is 77.3. The summed E-state index contributed by atoms with van der Waals surface area (Å²) in [4.78, 5) is 47.5. The zero-order valence-electron chi connectivity index (χ0n) is 69.5. The van der Waals surface area contributed by atoms with Crippen molar-refractivity contribution in [3.8, 4) is 11.5 Å². The van der Waals surface area contributed by atoms with Gasteiger partial charge in [0.2, 0.25) is 0 Å². The maximum atomic E-state index is 11.9. The molecule has 0 fully saturated rings. The Morgan fingerprint density at radius 1 is 0.265 bits per heavy atom. The molecular weight excluding hydrogens is 1390 g/mol. The van der Waals surface area contributed by atoms with Gasteiger partial charge in [0.1, 0.15) is 11.5 Å². The van der Waals surface area contributed by atoms with E-state index in [1.807, 2.05) is 41.5 Å². The summed E-state index contributed by atoms with van der Waals surface area (Å²) in [6.45, 7) is 29.0. The second-order valence-corrected chi connectivity index (χ2v) is 38.8. The maximum absolute atomic E-state index is 11.9. The number of benzene rings is 2. The summed E-state index contributed by atoms with van der Waals surface area (Å²) in [5, 5.41) is 22.7. The van der Waals surface area contributed by atoms with Crippen molar-refractivity contribution in [1.82, 2.24) is 0 Å². The van der Waals surface area contributed by atoms with Crippen LogP contribution in [0, 0.1) is 0 Å². The van der Waals surface area contributed by atoms with Crippen LogP contribution >= 0.6 is 15.2 Å². The SMILES string of the molecule is CCCCCCCCCCCCCCCCCCCCCCCCCCCCCCc1c(CP(=O)([O-])[O-])cc(C(C)(C)C)c(O)c1C(C)(C)C.CCCCCCCCCCCCCCCCCCCCCCCCCCCCCCc1c(CP(=O)([O-])[O-])cc(C(C)(C)C)c(O)c1C(C)(C)C.[Ni+2].[Ni+2]. The topological polar surface area (TPSA) is 167 Å². The van der Waals surface area contributed by atoms with Gasteiger partial charge in [0, 0.05) is 23.5 Å². The van der Waals surface area contributed by atoms with E-state index in [1.165, 1.54) is 334 Å². The van der Waals surface area contributed by atoms with E-state index in [-0.39, 0.29) is 66.1 Å². The molecule has 2 N–H and O–H groups in total. The van der Waals surface area contributed by atoms with E-state index in [2.05, 4.69) is 55.4 Å². The molecule has 8 nitrogen and oxygen atoms in total. The number of phenols is 2. The minimum absolute atomic E-state index is 0. The van der Waals surface area contributed by atoms with Gasteiger partial charge in [0.05, 0.1) is 0 Å². The van der Waals surface area contributed by atoms with E-state index in [0.29, 0.717) is 35.1 Å². The Kier molecular flexibility index (Phi) is 61.9. The van der Waals surface area contributed by atoms with Crippen molar-refractivity contribution >= 4 is 15.2 Å². The molecule has 0 aliphatic carbocycles. The van der Waals surface area contributed by atoms with Crippen LogP contribution < -0.4 is 19.6 Å². The zero-order chi connectivity index (χ0) is 74.6. The average Bonchev–Trinajstić information content (AvgIpc) is 0.767. The fourth-order valence-electron chi connectivity index (χ4n) is 15.5. The number of hydrogen-bond donors (Lipinski definition) is 2. The molecule has 102 heavy (non-hydrogen) atoms. The monoisotopic (exact) mass is 1550 g/mol. The molecule has 2 aromatic rings. The van der Waals surface area contributed by atoms with Gasteiger partial charge in [-0.1, -0.05) is 471 Å². The van der Waals surface area contributed by atoms with Crippen molar-refractivity contribution in [1.29, 1.82) is 0 Å². The van der Waals surface area contributed by atoms with Gasteiger partial charge >= 0.3 is 33.0 Å². The van der Waals surface area contributed by atoms with Crippen LogP contribution in [-0.2, 0) is 88.9 Å². The minimum atomic E-state index is -4.74. The third-order valence-electron chi connectivity index (χ3n) is 21.4. The Morgan fingerprint density at radius 2 is 0.412 bits per heavy atom. The van der Waals surface area contributed by atoms with Crippen molar-refractivity contribution in [3.63, 3.8) is 0 Å². The Labute approximate surface area is 654 Å². The van der Waals surface area contributed by atoms with Crippen LogP contribution in [-0.4, -0.2) is 10.2 Å². The standard InChI is InChI=1S/2C45H85O4P.2Ni/c2*1-8-9-10-11-12-13-14-15-16-17-18-19-20-21-22-23-24-25-26-27-28-29-30-31-32-33-34-35-36-40-39(38-50(47,48)49)37-41(44(2,3)4)43(46)42(40)45(5,6)7;;/h2*37,46H,8-36,38H2,1-7H3,(H2,47,48,49);;/q;;2*+2/p-4. The van der Waals surface area contributed by atoms with Crippen LogP contribution in [0.3, 0.4) is 0 Å². The van der Waals surface area contributed by atoms with E-state index >= 15 is 0 Å². The van der Waals surface area contributed by atoms with Gasteiger partial charge in [0.25, 0.3) is 0 Å². The second kappa shape index (κ2) is 61.1. The first-order chi connectivity index (χ1) is 47.4. The fraction of sp³-hybridized carbons (Fsp3) is 0.867. The van der Waals surface area contributed by atoms with Gasteiger partial charge in [-0.3, -0.25) is 0 Å². The summed E-state index contributed by atoms with van der Waals surface area (Å²) in [7, 11) is -9.48. The van der Waals surface area contributed by atoms with Gasteiger partial charge in [-0.25, -0.2) is 0 Å². The number of phenolic OH excluding ortho intramolecular Hbond substituents is 2. The second-order valence-electron chi connectivity index (χ2n) is 35.7. The van der Waals surface area contributed by atoms with Crippen molar-refractivity contribution in [2.75, 3.05) is 0 Å². The van der Waals surface area contributed by atoms with E-state index < -0.39 is 27.5 Å². The third kappa shape index (κ3) is 54.0. The molecule has 0 saturated carbocycles. The van der Waals surface area contributed by atoms with Crippen LogP contribution in [0.1, 0.15) is 501 Å². The van der Waals surface area contributed by atoms with Crippen molar-refractivity contribution < 1.29 is 71.9 Å². The molecule has 0 atom stereocenters. The molecule has 2 aromatic carbocycles. The Bertz CT molecular complexity index is 2240. The van der Waals surface area contributed by atoms with E-state index in [9.17, 15) is 38.9 Å². The quantitative estimate of drug-likeness (QED) is 0.0375. The maximum Gasteiger partial charge on any atom is 2.00 e. The molecule has 0 amide bonds. The number of unbranched alkanes of at least 4 members (excludes halogenated alkanes) is 54. The van der Waals surface area contributed by atoms with Gasteiger partial charge in [-0.05, 0) is 80.7 Å². The molecular formula is C90H166Ni2O8P2. The molecule has 0 saturated heterocycles. The fourth-order valence-corrected chi connectivity index (χ4v) is 16.9. The Hall–Kier alpha value is -0.673. The summed E-state index contributed by atoms with van der Waals surface area (Å²) in [5.74, 6) is 0.520. The minimum Gasteiger partial charge on any atom is -0.810 e. The molecule has 2 rings (SSSR count). The summed E-state index contributed by atoms with van der Waals surface area (Å²) >= 11 is 0. The summed E-state index contributed by atoms with van der Waals surface area (Å²) < 4.78 is 23.7. The molecule has 0 unspecified atom stereocenters. The van der Waals surface area contributed by atoms with E-state index in [4.69, 9.17) is 0 Å². The number of hydrogen-bond acceptors (Lipinski definition) is 8. The number of rotatable bonds is 62. The molecule has 0 bridgehead atoms. The number of aromatic hydroxyl groups is 2. The molecule has 0 spiro atoms. The molecule has 0 radical (unpaired) electrons. The normalized spacial score (nSPS) is 12.4. The Morgan fingerprint density at radius 3 is 0.539 bits per heavy atom. The molecule has 0 aliphatic heterocycles. The van der Waals surface area contributed by atoms with Crippen LogP contribution in [0.25, 0.3) is 0 Å². The predicted octanol–water partition coefficient (Wildman–Crippen LogP) is 27.8. The summed E-state index contributed by atoms with van der Waals surface area (Å²) in [5.41, 5.74) is 4.47. The van der Waals surface area contributed by atoms with Crippen molar-refractivity contribution in [2.24, 2.45) is 0 Å². The van der Waals surface area contributed by atoms with Crippen molar-refractivity contribution in [2.45, 2.75) is 503 Å².